The molecule has 0 bridgehead atoms. The largest absolute Gasteiger partial charge is 0.475 e. The highest BCUT2D eigenvalue weighted by atomic mass is 16.4. The van der Waals surface area contributed by atoms with E-state index in [1.807, 2.05) is 6.92 Å². The molecule has 0 aliphatic rings. The third-order valence-corrected chi connectivity index (χ3v) is 1.49. The summed E-state index contributed by atoms with van der Waals surface area (Å²) in [6.07, 6.45) is 0.689. The van der Waals surface area contributed by atoms with Crippen LogP contribution in [0.5, 0.6) is 0 Å². The molecule has 0 aliphatic heterocycles. The van der Waals surface area contributed by atoms with Gasteiger partial charge in [-0.2, -0.15) is 0 Å². The Morgan fingerprint density at radius 2 is 2.50 bits per heavy atom. The second kappa shape index (κ2) is 3.31. The SMILES string of the molecule is CC[C@H](N)c1nc(C(=O)O)n[nH]1. The Bertz CT molecular complexity index is 283. The third kappa shape index (κ3) is 1.59. The van der Waals surface area contributed by atoms with Crippen molar-refractivity contribution in [2.24, 2.45) is 5.73 Å². The molecule has 1 atom stereocenters. The minimum absolute atomic E-state index is 0.242. The molecule has 0 fully saturated rings. The molecule has 1 heterocycles. The van der Waals surface area contributed by atoms with Gasteiger partial charge in [0.15, 0.2) is 0 Å². The fourth-order valence-electron chi connectivity index (χ4n) is 0.729. The molecule has 6 nitrogen and oxygen atoms in total. The lowest BCUT2D eigenvalue weighted by Gasteiger charge is -2.01. The zero-order valence-corrected chi connectivity index (χ0v) is 6.61. The molecule has 0 aromatic carbocycles. The molecule has 0 aliphatic carbocycles. The highest BCUT2D eigenvalue weighted by Gasteiger charge is 2.13. The van der Waals surface area contributed by atoms with Crippen LogP contribution in [0.15, 0.2) is 0 Å². The van der Waals surface area contributed by atoms with E-state index in [1.165, 1.54) is 0 Å². The average molecular weight is 170 g/mol. The molecule has 12 heavy (non-hydrogen) atoms. The summed E-state index contributed by atoms with van der Waals surface area (Å²) in [6.45, 7) is 1.88. The fourth-order valence-corrected chi connectivity index (χ4v) is 0.729. The molecule has 1 aromatic heterocycles. The molecule has 66 valence electrons. The van der Waals surface area contributed by atoms with Gasteiger partial charge in [-0.25, -0.2) is 9.78 Å². The zero-order valence-electron chi connectivity index (χ0n) is 6.61. The summed E-state index contributed by atoms with van der Waals surface area (Å²) in [7, 11) is 0. The predicted molar refractivity (Wildman–Crippen MR) is 40.6 cm³/mol. The van der Waals surface area contributed by atoms with E-state index >= 15 is 0 Å². The van der Waals surface area contributed by atoms with Gasteiger partial charge >= 0.3 is 5.97 Å². The van der Waals surface area contributed by atoms with Crippen LogP contribution in [-0.4, -0.2) is 26.3 Å². The van der Waals surface area contributed by atoms with Crippen molar-refractivity contribution in [1.82, 2.24) is 15.2 Å². The van der Waals surface area contributed by atoms with E-state index in [0.717, 1.165) is 0 Å². The van der Waals surface area contributed by atoms with Crippen molar-refractivity contribution in [1.29, 1.82) is 0 Å². The van der Waals surface area contributed by atoms with Gasteiger partial charge in [-0.1, -0.05) is 6.92 Å². The highest BCUT2D eigenvalue weighted by molar-refractivity contribution is 5.82. The Morgan fingerprint density at radius 3 is 2.92 bits per heavy atom. The molecule has 4 N–H and O–H groups in total. The first-order chi connectivity index (χ1) is 5.65. The molecule has 0 radical (unpaired) electrons. The summed E-state index contributed by atoms with van der Waals surface area (Å²) < 4.78 is 0. The van der Waals surface area contributed by atoms with Crippen LogP contribution in [0, 0.1) is 0 Å². The van der Waals surface area contributed by atoms with Crippen molar-refractivity contribution in [2.45, 2.75) is 19.4 Å². The summed E-state index contributed by atoms with van der Waals surface area (Å²) in [5.41, 5.74) is 5.58. The van der Waals surface area contributed by atoms with Crippen molar-refractivity contribution in [3.8, 4) is 0 Å². The summed E-state index contributed by atoms with van der Waals surface area (Å²) >= 11 is 0. The van der Waals surface area contributed by atoms with Crippen molar-refractivity contribution in [3.05, 3.63) is 11.6 Å². The summed E-state index contributed by atoms with van der Waals surface area (Å²) in [5, 5.41) is 14.4. The van der Waals surface area contributed by atoms with Crippen molar-refractivity contribution >= 4 is 5.97 Å². The van der Waals surface area contributed by atoms with Crippen LogP contribution in [0.4, 0.5) is 0 Å². The molecule has 1 aromatic rings. The Hall–Kier alpha value is -1.43. The lowest BCUT2D eigenvalue weighted by Crippen LogP contribution is -2.10. The van der Waals surface area contributed by atoms with E-state index in [-0.39, 0.29) is 11.9 Å². The minimum Gasteiger partial charge on any atom is -0.475 e. The van der Waals surface area contributed by atoms with Gasteiger partial charge < -0.3 is 10.8 Å². The molecular formula is C6H10N4O2. The second-order valence-corrected chi connectivity index (χ2v) is 2.36. The van der Waals surface area contributed by atoms with Crippen LogP contribution >= 0.6 is 0 Å². The second-order valence-electron chi connectivity index (χ2n) is 2.36. The summed E-state index contributed by atoms with van der Waals surface area (Å²) in [6, 6.07) is -0.273. The maximum absolute atomic E-state index is 10.3. The number of aromatic carboxylic acids is 1. The first-order valence-electron chi connectivity index (χ1n) is 3.56. The Kier molecular flexibility index (Phi) is 2.39. The molecule has 0 unspecified atom stereocenters. The van der Waals surface area contributed by atoms with E-state index in [4.69, 9.17) is 10.8 Å². The van der Waals surface area contributed by atoms with Crippen LogP contribution in [0.25, 0.3) is 0 Å². The number of aromatic nitrogens is 3. The first kappa shape index (κ1) is 8.66. The van der Waals surface area contributed by atoms with Gasteiger partial charge in [-0.3, -0.25) is 5.10 Å². The van der Waals surface area contributed by atoms with Crippen LogP contribution < -0.4 is 5.73 Å². The average Bonchev–Trinajstić information content (AvgIpc) is 2.51. The van der Waals surface area contributed by atoms with E-state index in [0.29, 0.717) is 12.2 Å². The van der Waals surface area contributed by atoms with Crippen LogP contribution in [0.1, 0.15) is 35.8 Å². The number of hydrogen-bond acceptors (Lipinski definition) is 4. The van der Waals surface area contributed by atoms with Gasteiger partial charge in [0, 0.05) is 0 Å². The number of H-pyrrole nitrogens is 1. The van der Waals surface area contributed by atoms with Gasteiger partial charge in [0.1, 0.15) is 5.82 Å². The fraction of sp³-hybridized carbons (Fsp3) is 0.500. The number of carboxylic acid groups (broad SMARTS) is 1. The highest BCUT2D eigenvalue weighted by Crippen LogP contribution is 2.06. The summed E-state index contributed by atoms with van der Waals surface area (Å²) in [5.74, 6) is -0.982. The molecule has 0 saturated heterocycles. The standard InChI is InChI=1S/C6H10N4O2/c1-2-3(7)4-8-5(6(11)12)10-9-4/h3H,2,7H2,1H3,(H,11,12)(H,8,9,10)/t3-/m0/s1. The molecular weight excluding hydrogens is 160 g/mol. The zero-order chi connectivity index (χ0) is 9.14. The Labute approximate surface area is 68.8 Å². The number of nitrogens with one attached hydrogen (secondary N) is 1. The number of aromatic amines is 1. The van der Waals surface area contributed by atoms with Crippen LogP contribution in [-0.2, 0) is 0 Å². The topological polar surface area (TPSA) is 105 Å². The van der Waals surface area contributed by atoms with E-state index in [9.17, 15) is 4.79 Å². The summed E-state index contributed by atoms with van der Waals surface area (Å²) in [4.78, 5) is 14.0. The number of hydrogen-bond donors (Lipinski definition) is 3. The normalized spacial score (nSPS) is 12.8. The van der Waals surface area contributed by atoms with Gasteiger partial charge in [0.2, 0.25) is 0 Å². The lowest BCUT2D eigenvalue weighted by atomic mass is 10.2. The number of carbonyl (C=O) groups is 1. The quantitative estimate of drug-likeness (QED) is 0.588. The minimum atomic E-state index is -1.15. The predicted octanol–water partition coefficient (Wildman–Crippen LogP) is -0.0873. The number of rotatable bonds is 3. The molecule has 0 spiro atoms. The molecule has 1 rings (SSSR count). The van der Waals surface area contributed by atoms with Crippen LogP contribution in [0.2, 0.25) is 0 Å². The van der Waals surface area contributed by atoms with Gasteiger partial charge in [0.05, 0.1) is 6.04 Å². The number of nitrogens with zero attached hydrogens (tertiary/aromatic N) is 2. The number of carboxylic acids is 1. The first-order valence-corrected chi connectivity index (χ1v) is 3.56. The van der Waals surface area contributed by atoms with Gasteiger partial charge in [-0.05, 0) is 6.42 Å². The van der Waals surface area contributed by atoms with Crippen LogP contribution in [0.3, 0.4) is 0 Å². The van der Waals surface area contributed by atoms with E-state index in [1.54, 1.807) is 0 Å². The van der Waals surface area contributed by atoms with Gasteiger partial charge in [-0.15, -0.1) is 5.10 Å². The molecule has 0 amide bonds. The molecule has 0 saturated carbocycles. The van der Waals surface area contributed by atoms with Crippen molar-refractivity contribution in [2.75, 3.05) is 0 Å². The van der Waals surface area contributed by atoms with Crippen molar-refractivity contribution < 1.29 is 9.90 Å². The maximum Gasteiger partial charge on any atom is 0.375 e. The van der Waals surface area contributed by atoms with E-state index in [2.05, 4.69) is 15.2 Å². The number of nitrogens with two attached hydrogens (primary N) is 1. The van der Waals surface area contributed by atoms with Gasteiger partial charge in [0.25, 0.3) is 5.82 Å². The smallest absolute Gasteiger partial charge is 0.375 e. The Balaban J connectivity index is 2.84. The Morgan fingerprint density at radius 1 is 1.83 bits per heavy atom. The third-order valence-electron chi connectivity index (χ3n) is 1.49. The maximum atomic E-state index is 10.3. The van der Waals surface area contributed by atoms with E-state index < -0.39 is 5.97 Å². The van der Waals surface area contributed by atoms with Crippen molar-refractivity contribution in [3.63, 3.8) is 0 Å². The lowest BCUT2D eigenvalue weighted by molar-refractivity contribution is 0.0684. The molecule has 6 heteroatoms. The monoisotopic (exact) mass is 170 g/mol.